The van der Waals surface area contributed by atoms with Gasteiger partial charge in [0.2, 0.25) is 11.8 Å². The minimum Gasteiger partial charge on any atom is -0.350 e. The lowest BCUT2D eigenvalue weighted by Gasteiger charge is -2.45. The number of hydrogen-bond donors (Lipinski definition) is 1. The summed E-state index contributed by atoms with van der Waals surface area (Å²) in [6.45, 7) is 0.757. The predicted octanol–water partition coefficient (Wildman–Crippen LogP) is 2.87. The molecule has 1 aliphatic carbocycles. The Morgan fingerprint density at radius 2 is 1.79 bits per heavy atom. The first kappa shape index (κ1) is 16.8. The van der Waals surface area contributed by atoms with E-state index in [-0.39, 0.29) is 18.4 Å². The third-order valence-electron chi connectivity index (χ3n) is 4.95. The molecule has 24 heavy (non-hydrogen) atoms. The summed E-state index contributed by atoms with van der Waals surface area (Å²) in [6.07, 6.45) is -0.786. The van der Waals surface area contributed by atoms with Crippen LogP contribution < -0.4 is 5.32 Å². The number of rotatable bonds is 4. The number of nitrogens with one attached hydrogen (secondary N) is 1. The minimum atomic E-state index is -4.37. The molecule has 1 aromatic carbocycles. The quantitative estimate of drug-likeness (QED) is 0.857. The average molecular weight is 340 g/mol. The Bertz CT molecular complexity index is 634. The van der Waals surface area contributed by atoms with Gasteiger partial charge in [0.1, 0.15) is 5.54 Å². The molecule has 1 heterocycles. The van der Waals surface area contributed by atoms with E-state index in [0.717, 1.165) is 25.0 Å². The van der Waals surface area contributed by atoms with E-state index in [9.17, 15) is 22.8 Å². The molecule has 0 aromatic heterocycles. The largest absolute Gasteiger partial charge is 0.416 e. The van der Waals surface area contributed by atoms with Crippen LogP contribution in [-0.4, -0.2) is 28.8 Å². The van der Waals surface area contributed by atoms with Crippen molar-refractivity contribution in [2.24, 2.45) is 0 Å². The maximum atomic E-state index is 12.7. The second-order valence-electron chi connectivity index (χ2n) is 6.41. The standard InChI is InChI=1S/C17H19F3N2O2/c18-17(19,20)13-5-3-12(4-6-13)11-21-15(24)16(8-1-2-9-16)22-10-7-14(22)23/h3-6H,1-2,7-11H2,(H,21,24). The molecule has 0 bridgehead atoms. The molecule has 130 valence electrons. The van der Waals surface area contributed by atoms with Crippen LogP contribution in [0.2, 0.25) is 0 Å². The lowest BCUT2D eigenvalue weighted by molar-refractivity contribution is -0.156. The van der Waals surface area contributed by atoms with Crippen LogP contribution >= 0.6 is 0 Å². The normalized spacial score (nSPS) is 20.0. The Kier molecular flexibility index (Phi) is 4.27. The first-order valence-corrected chi connectivity index (χ1v) is 8.08. The minimum absolute atomic E-state index is 0.00146. The van der Waals surface area contributed by atoms with Gasteiger partial charge >= 0.3 is 6.18 Å². The van der Waals surface area contributed by atoms with Crippen molar-refractivity contribution >= 4 is 11.8 Å². The fraction of sp³-hybridized carbons (Fsp3) is 0.529. The van der Waals surface area contributed by atoms with Gasteiger partial charge in [0.15, 0.2) is 0 Å². The Balaban J connectivity index is 1.65. The van der Waals surface area contributed by atoms with Crippen LogP contribution in [0.4, 0.5) is 13.2 Å². The number of likely N-dealkylation sites (tertiary alicyclic amines) is 1. The van der Waals surface area contributed by atoms with E-state index in [1.165, 1.54) is 12.1 Å². The van der Waals surface area contributed by atoms with Crippen molar-refractivity contribution < 1.29 is 22.8 Å². The van der Waals surface area contributed by atoms with Crippen LogP contribution in [0.25, 0.3) is 0 Å². The molecule has 0 radical (unpaired) electrons. The lowest BCUT2D eigenvalue weighted by Crippen LogP contribution is -2.64. The molecule has 1 aliphatic heterocycles. The maximum Gasteiger partial charge on any atom is 0.416 e. The number of amides is 2. The molecular formula is C17H19F3N2O2. The highest BCUT2D eigenvalue weighted by Gasteiger charge is 2.50. The Hall–Kier alpha value is -2.05. The van der Waals surface area contributed by atoms with Gasteiger partial charge in [-0.3, -0.25) is 9.59 Å². The molecule has 2 amide bonds. The molecule has 1 N–H and O–H groups in total. The summed E-state index contributed by atoms with van der Waals surface area (Å²) in [5.74, 6) is -0.200. The number of β-lactam (4-membered cyclic amide) rings is 1. The number of benzene rings is 1. The van der Waals surface area contributed by atoms with E-state index in [0.29, 0.717) is 31.4 Å². The van der Waals surface area contributed by atoms with Gasteiger partial charge in [-0.15, -0.1) is 0 Å². The molecule has 3 rings (SSSR count). The van der Waals surface area contributed by atoms with E-state index in [1.807, 2.05) is 0 Å². The maximum absolute atomic E-state index is 12.7. The molecule has 0 atom stereocenters. The van der Waals surface area contributed by atoms with Gasteiger partial charge in [0, 0.05) is 19.5 Å². The molecule has 7 heteroatoms. The van der Waals surface area contributed by atoms with Crippen molar-refractivity contribution in [3.8, 4) is 0 Å². The van der Waals surface area contributed by atoms with Gasteiger partial charge < -0.3 is 10.2 Å². The average Bonchev–Trinajstić information content (AvgIpc) is 3.01. The molecule has 1 saturated heterocycles. The fourth-order valence-electron chi connectivity index (χ4n) is 3.51. The topological polar surface area (TPSA) is 49.4 Å². The van der Waals surface area contributed by atoms with E-state index >= 15 is 0 Å². The molecule has 2 aliphatic rings. The predicted molar refractivity (Wildman–Crippen MR) is 80.8 cm³/mol. The highest BCUT2D eigenvalue weighted by atomic mass is 19.4. The van der Waals surface area contributed by atoms with Crippen molar-refractivity contribution in [1.29, 1.82) is 0 Å². The number of carbonyl (C=O) groups excluding carboxylic acids is 2. The Morgan fingerprint density at radius 3 is 2.25 bits per heavy atom. The number of hydrogen-bond acceptors (Lipinski definition) is 2. The summed E-state index contributed by atoms with van der Waals surface area (Å²) in [4.78, 5) is 26.1. The van der Waals surface area contributed by atoms with Crippen molar-refractivity contribution in [3.63, 3.8) is 0 Å². The third-order valence-corrected chi connectivity index (χ3v) is 4.95. The molecule has 1 saturated carbocycles. The fourth-order valence-corrected chi connectivity index (χ4v) is 3.51. The summed E-state index contributed by atoms with van der Waals surface area (Å²) < 4.78 is 37.7. The first-order valence-electron chi connectivity index (χ1n) is 8.08. The number of carbonyl (C=O) groups is 2. The lowest BCUT2D eigenvalue weighted by atomic mass is 9.90. The summed E-state index contributed by atoms with van der Waals surface area (Å²) in [5.41, 5.74) is -0.878. The van der Waals surface area contributed by atoms with E-state index in [1.54, 1.807) is 4.90 Å². The molecular weight excluding hydrogens is 321 g/mol. The summed E-state index contributed by atoms with van der Waals surface area (Å²) in [6, 6.07) is 4.73. The van der Waals surface area contributed by atoms with Gasteiger partial charge in [0.05, 0.1) is 5.56 Å². The molecule has 0 spiro atoms. The molecule has 2 fully saturated rings. The van der Waals surface area contributed by atoms with Gasteiger partial charge in [-0.05, 0) is 30.5 Å². The zero-order valence-corrected chi connectivity index (χ0v) is 13.2. The number of halogens is 3. The van der Waals surface area contributed by atoms with Gasteiger partial charge in [-0.25, -0.2) is 0 Å². The summed E-state index contributed by atoms with van der Waals surface area (Å²) in [7, 11) is 0. The zero-order valence-electron chi connectivity index (χ0n) is 13.2. The summed E-state index contributed by atoms with van der Waals surface area (Å²) >= 11 is 0. The van der Waals surface area contributed by atoms with Crippen LogP contribution in [0.3, 0.4) is 0 Å². The smallest absolute Gasteiger partial charge is 0.350 e. The Morgan fingerprint density at radius 1 is 1.17 bits per heavy atom. The SMILES string of the molecule is O=C1CCN1C1(C(=O)NCc2ccc(C(F)(F)F)cc2)CCCC1. The second-order valence-corrected chi connectivity index (χ2v) is 6.41. The highest BCUT2D eigenvalue weighted by Crippen LogP contribution is 2.39. The van der Waals surface area contributed by atoms with E-state index in [2.05, 4.69) is 5.32 Å². The van der Waals surface area contributed by atoms with Gasteiger partial charge in [0.25, 0.3) is 0 Å². The van der Waals surface area contributed by atoms with E-state index < -0.39 is 17.3 Å². The van der Waals surface area contributed by atoms with Gasteiger partial charge in [-0.2, -0.15) is 13.2 Å². The van der Waals surface area contributed by atoms with Crippen molar-refractivity contribution in [3.05, 3.63) is 35.4 Å². The van der Waals surface area contributed by atoms with E-state index in [4.69, 9.17) is 0 Å². The molecule has 1 aromatic rings. The zero-order chi connectivity index (χ0) is 17.4. The molecule has 4 nitrogen and oxygen atoms in total. The first-order chi connectivity index (χ1) is 11.3. The van der Waals surface area contributed by atoms with Crippen LogP contribution in [0.5, 0.6) is 0 Å². The summed E-state index contributed by atoms with van der Waals surface area (Å²) in [5, 5.41) is 2.80. The van der Waals surface area contributed by atoms with Crippen molar-refractivity contribution in [2.75, 3.05) is 6.54 Å². The monoisotopic (exact) mass is 340 g/mol. The van der Waals surface area contributed by atoms with Crippen LogP contribution in [0, 0.1) is 0 Å². The third kappa shape index (κ3) is 2.99. The van der Waals surface area contributed by atoms with Crippen molar-refractivity contribution in [2.45, 2.75) is 50.4 Å². The number of nitrogens with zero attached hydrogens (tertiary/aromatic N) is 1. The highest BCUT2D eigenvalue weighted by molar-refractivity contribution is 5.94. The second kappa shape index (κ2) is 6.11. The van der Waals surface area contributed by atoms with Crippen LogP contribution in [0.1, 0.15) is 43.2 Å². The van der Waals surface area contributed by atoms with Gasteiger partial charge in [-0.1, -0.05) is 25.0 Å². The molecule has 0 unspecified atom stereocenters. The van der Waals surface area contributed by atoms with Crippen LogP contribution in [-0.2, 0) is 22.3 Å². The Labute approximate surface area is 138 Å². The van der Waals surface area contributed by atoms with Crippen molar-refractivity contribution in [1.82, 2.24) is 10.2 Å². The van der Waals surface area contributed by atoms with Crippen LogP contribution in [0.15, 0.2) is 24.3 Å². The number of alkyl halides is 3.